The number of nitrogen functional groups attached to an aromatic ring is 1. The smallest absolute Gasteiger partial charge is 0.220 e. The molecule has 0 radical (unpaired) electrons. The van der Waals surface area contributed by atoms with E-state index in [-0.39, 0.29) is 5.91 Å². The van der Waals surface area contributed by atoms with Gasteiger partial charge in [0.1, 0.15) is 0 Å². The second kappa shape index (κ2) is 6.70. The van der Waals surface area contributed by atoms with Crippen LogP contribution in [0.25, 0.3) is 0 Å². The van der Waals surface area contributed by atoms with Crippen LogP contribution < -0.4 is 11.1 Å². The van der Waals surface area contributed by atoms with Crippen molar-refractivity contribution in [2.45, 2.75) is 26.3 Å². The second-order valence-corrected chi connectivity index (χ2v) is 4.83. The topological polar surface area (TPSA) is 68.0 Å². The number of hydrogen-bond acceptors (Lipinski definition) is 3. The van der Waals surface area contributed by atoms with E-state index in [1.165, 1.54) is 0 Å². The van der Waals surface area contributed by atoms with Crippen LogP contribution in [0.1, 0.15) is 23.1 Å². The number of rotatable bonds is 5. The Morgan fingerprint density at radius 3 is 2.85 bits per heavy atom. The molecule has 0 aliphatic rings. The van der Waals surface area contributed by atoms with Gasteiger partial charge in [0.05, 0.1) is 0 Å². The van der Waals surface area contributed by atoms with Gasteiger partial charge in [-0.25, -0.2) is 0 Å². The molecule has 0 aliphatic carbocycles. The van der Waals surface area contributed by atoms with Gasteiger partial charge in [-0.05, 0) is 42.2 Å². The van der Waals surface area contributed by atoms with E-state index in [1.54, 1.807) is 12.4 Å². The van der Waals surface area contributed by atoms with E-state index in [0.29, 0.717) is 19.4 Å². The average Bonchev–Trinajstić information content (AvgIpc) is 2.47. The van der Waals surface area contributed by atoms with Gasteiger partial charge >= 0.3 is 0 Å². The van der Waals surface area contributed by atoms with E-state index in [1.807, 2.05) is 37.3 Å². The number of aryl methyl sites for hydroxylation is 2. The van der Waals surface area contributed by atoms with E-state index in [2.05, 4.69) is 10.3 Å². The highest BCUT2D eigenvalue weighted by Crippen LogP contribution is 2.14. The Labute approximate surface area is 119 Å². The first-order chi connectivity index (χ1) is 9.65. The van der Waals surface area contributed by atoms with Crippen LogP contribution in [0.2, 0.25) is 0 Å². The summed E-state index contributed by atoms with van der Waals surface area (Å²) in [5, 5.41) is 2.89. The van der Waals surface area contributed by atoms with Crippen molar-refractivity contribution >= 4 is 11.6 Å². The van der Waals surface area contributed by atoms with Crippen LogP contribution in [0.4, 0.5) is 5.69 Å². The monoisotopic (exact) mass is 269 g/mol. The molecule has 0 saturated carbocycles. The summed E-state index contributed by atoms with van der Waals surface area (Å²) in [6.45, 7) is 2.49. The number of amides is 1. The highest BCUT2D eigenvalue weighted by atomic mass is 16.1. The Kier molecular flexibility index (Phi) is 4.71. The molecule has 1 amide bonds. The van der Waals surface area contributed by atoms with Crippen molar-refractivity contribution in [3.63, 3.8) is 0 Å². The summed E-state index contributed by atoms with van der Waals surface area (Å²) in [6, 6.07) is 9.73. The highest BCUT2D eigenvalue weighted by molar-refractivity contribution is 5.76. The quantitative estimate of drug-likeness (QED) is 0.818. The van der Waals surface area contributed by atoms with Crippen molar-refractivity contribution in [2.24, 2.45) is 0 Å². The molecular formula is C16H19N3O. The lowest BCUT2D eigenvalue weighted by Crippen LogP contribution is -2.23. The van der Waals surface area contributed by atoms with E-state index in [9.17, 15) is 4.79 Å². The van der Waals surface area contributed by atoms with Crippen LogP contribution in [0.15, 0.2) is 42.7 Å². The van der Waals surface area contributed by atoms with E-state index in [0.717, 1.165) is 22.4 Å². The van der Waals surface area contributed by atoms with Crippen molar-refractivity contribution < 1.29 is 4.79 Å². The van der Waals surface area contributed by atoms with Crippen molar-refractivity contribution in [1.29, 1.82) is 0 Å². The molecule has 2 aromatic rings. The molecule has 2 rings (SSSR count). The van der Waals surface area contributed by atoms with Gasteiger partial charge in [0.2, 0.25) is 5.91 Å². The molecular weight excluding hydrogens is 250 g/mol. The summed E-state index contributed by atoms with van der Waals surface area (Å²) in [5.41, 5.74) is 9.78. The van der Waals surface area contributed by atoms with E-state index < -0.39 is 0 Å². The highest BCUT2D eigenvalue weighted by Gasteiger charge is 2.03. The largest absolute Gasteiger partial charge is 0.399 e. The Morgan fingerprint density at radius 2 is 2.15 bits per heavy atom. The summed E-state index contributed by atoms with van der Waals surface area (Å²) < 4.78 is 0. The molecule has 0 aliphatic heterocycles. The molecule has 20 heavy (non-hydrogen) atoms. The summed E-state index contributed by atoms with van der Waals surface area (Å²) in [6.07, 6.45) is 4.63. The second-order valence-electron chi connectivity index (χ2n) is 4.83. The summed E-state index contributed by atoms with van der Waals surface area (Å²) in [7, 11) is 0. The number of nitrogens with zero attached hydrogens (tertiary/aromatic N) is 1. The number of benzene rings is 1. The molecule has 0 saturated heterocycles. The zero-order valence-electron chi connectivity index (χ0n) is 11.6. The minimum atomic E-state index is 0.0352. The number of anilines is 1. The summed E-state index contributed by atoms with van der Waals surface area (Å²) >= 11 is 0. The number of nitrogens with one attached hydrogen (secondary N) is 1. The fraction of sp³-hybridized carbons (Fsp3) is 0.250. The van der Waals surface area contributed by atoms with Gasteiger partial charge in [-0.3, -0.25) is 9.78 Å². The van der Waals surface area contributed by atoms with Gasteiger partial charge < -0.3 is 11.1 Å². The number of hydrogen-bond donors (Lipinski definition) is 2. The minimum Gasteiger partial charge on any atom is -0.399 e. The maximum atomic E-state index is 11.8. The van der Waals surface area contributed by atoms with E-state index in [4.69, 9.17) is 5.73 Å². The number of pyridine rings is 1. The van der Waals surface area contributed by atoms with Crippen LogP contribution in [0, 0.1) is 6.92 Å². The van der Waals surface area contributed by atoms with Crippen LogP contribution in [0.3, 0.4) is 0 Å². The van der Waals surface area contributed by atoms with Crippen molar-refractivity contribution in [3.05, 3.63) is 59.4 Å². The average molecular weight is 269 g/mol. The third-order valence-corrected chi connectivity index (χ3v) is 3.20. The van der Waals surface area contributed by atoms with Crippen LogP contribution in [0.5, 0.6) is 0 Å². The SMILES string of the molecule is Cc1ccc(CCC(=O)NCc2cccnc2)cc1N. The summed E-state index contributed by atoms with van der Waals surface area (Å²) in [5.74, 6) is 0.0352. The Balaban J connectivity index is 1.79. The maximum absolute atomic E-state index is 11.8. The molecule has 1 aromatic heterocycles. The molecule has 3 N–H and O–H groups in total. The lowest BCUT2D eigenvalue weighted by atomic mass is 10.1. The third kappa shape index (κ3) is 4.09. The standard InChI is InChI=1S/C16H19N3O/c1-12-4-5-13(9-15(12)17)6-7-16(20)19-11-14-3-2-8-18-10-14/h2-5,8-10H,6-7,11,17H2,1H3,(H,19,20). The molecule has 1 heterocycles. The Hall–Kier alpha value is -2.36. The first-order valence-electron chi connectivity index (χ1n) is 6.66. The molecule has 4 nitrogen and oxygen atoms in total. The van der Waals surface area contributed by atoms with Gasteiger partial charge in [-0.2, -0.15) is 0 Å². The van der Waals surface area contributed by atoms with Gasteiger partial charge in [0.25, 0.3) is 0 Å². The number of nitrogens with two attached hydrogens (primary N) is 1. The van der Waals surface area contributed by atoms with Crippen molar-refractivity contribution in [3.8, 4) is 0 Å². The van der Waals surface area contributed by atoms with Crippen molar-refractivity contribution in [1.82, 2.24) is 10.3 Å². The first-order valence-corrected chi connectivity index (χ1v) is 6.66. The molecule has 0 unspecified atom stereocenters. The molecule has 4 heteroatoms. The van der Waals surface area contributed by atoms with Crippen molar-refractivity contribution in [2.75, 3.05) is 5.73 Å². The van der Waals surface area contributed by atoms with E-state index >= 15 is 0 Å². The zero-order chi connectivity index (χ0) is 14.4. The summed E-state index contributed by atoms with van der Waals surface area (Å²) in [4.78, 5) is 15.8. The predicted octanol–water partition coefficient (Wildman–Crippen LogP) is 2.22. The number of carbonyl (C=O) groups excluding carboxylic acids is 1. The van der Waals surface area contributed by atoms with Gasteiger partial charge in [0.15, 0.2) is 0 Å². The Bertz CT molecular complexity index is 582. The van der Waals surface area contributed by atoms with Crippen LogP contribution in [-0.4, -0.2) is 10.9 Å². The Morgan fingerprint density at radius 1 is 1.30 bits per heavy atom. The minimum absolute atomic E-state index is 0.0352. The molecule has 0 atom stereocenters. The molecule has 0 fully saturated rings. The molecule has 104 valence electrons. The van der Waals surface area contributed by atoms with Gasteiger partial charge in [0, 0.05) is 31.0 Å². The zero-order valence-corrected chi connectivity index (χ0v) is 11.6. The molecule has 1 aromatic carbocycles. The fourth-order valence-electron chi connectivity index (χ4n) is 1.90. The van der Waals surface area contributed by atoms with Crippen LogP contribution >= 0.6 is 0 Å². The molecule has 0 spiro atoms. The normalized spacial score (nSPS) is 10.2. The number of aromatic nitrogens is 1. The first kappa shape index (κ1) is 14.1. The lowest BCUT2D eigenvalue weighted by Gasteiger charge is -2.07. The van der Waals surface area contributed by atoms with Crippen LogP contribution in [-0.2, 0) is 17.8 Å². The van der Waals surface area contributed by atoms with Gasteiger partial charge in [-0.1, -0.05) is 18.2 Å². The maximum Gasteiger partial charge on any atom is 0.220 e. The lowest BCUT2D eigenvalue weighted by molar-refractivity contribution is -0.121. The number of carbonyl (C=O) groups is 1. The third-order valence-electron chi connectivity index (χ3n) is 3.20. The molecule has 0 bridgehead atoms. The predicted molar refractivity (Wildman–Crippen MR) is 80.0 cm³/mol. The van der Waals surface area contributed by atoms with Gasteiger partial charge in [-0.15, -0.1) is 0 Å². The fourth-order valence-corrected chi connectivity index (χ4v) is 1.90.